The second-order valence-corrected chi connectivity index (χ2v) is 11.0. The molecule has 0 spiro atoms. The fraction of sp³-hybridized carbons (Fsp3) is 0.258. The van der Waals surface area contributed by atoms with E-state index in [1.54, 1.807) is 32.7 Å². The van der Waals surface area contributed by atoms with Crippen molar-refractivity contribution in [1.82, 2.24) is 24.3 Å². The number of ether oxygens (including phenoxy) is 3. The number of thioether (sulfide) groups is 1. The molecule has 8 nitrogen and oxygen atoms in total. The molecule has 0 saturated carbocycles. The molecule has 0 saturated heterocycles. The van der Waals surface area contributed by atoms with E-state index in [9.17, 15) is 4.39 Å². The van der Waals surface area contributed by atoms with Crippen LogP contribution in [0.1, 0.15) is 30.9 Å². The minimum Gasteiger partial charge on any atom is -0.493 e. The lowest BCUT2D eigenvalue weighted by Gasteiger charge is -2.26. The second-order valence-electron chi connectivity index (χ2n) is 9.93. The minimum atomic E-state index is -0.564. The quantitative estimate of drug-likeness (QED) is 0.133. The Labute approximate surface area is 243 Å². The first-order valence-corrected chi connectivity index (χ1v) is 14.1. The van der Waals surface area contributed by atoms with Gasteiger partial charge in [0.2, 0.25) is 0 Å². The Morgan fingerprint density at radius 3 is 2.24 bits per heavy atom. The second kappa shape index (κ2) is 12.1. The van der Waals surface area contributed by atoms with Crippen LogP contribution >= 0.6 is 11.8 Å². The fourth-order valence-corrected chi connectivity index (χ4v) is 5.28. The summed E-state index contributed by atoms with van der Waals surface area (Å²) < 4.78 is 34.7. The first kappa shape index (κ1) is 28.2. The molecule has 41 heavy (non-hydrogen) atoms. The molecule has 0 fully saturated rings. The molecule has 0 aliphatic carbocycles. The van der Waals surface area contributed by atoms with E-state index in [1.165, 1.54) is 23.9 Å². The highest BCUT2D eigenvalue weighted by Crippen LogP contribution is 2.38. The molecular formula is C31H32FN5O3S. The zero-order valence-electron chi connectivity index (χ0n) is 23.7. The number of benzene rings is 3. The van der Waals surface area contributed by atoms with E-state index in [1.807, 2.05) is 64.7 Å². The van der Waals surface area contributed by atoms with Crippen molar-refractivity contribution in [3.05, 3.63) is 102 Å². The molecule has 3 aromatic carbocycles. The van der Waals surface area contributed by atoms with Gasteiger partial charge in [0.25, 0.3) is 0 Å². The van der Waals surface area contributed by atoms with Crippen molar-refractivity contribution in [2.75, 3.05) is 26.6 Å². The third kappa shape index (κ3) is 6.07. The zero-order chi connectivity index (χ0) is 29.0. The summed E-state index contributed by atoms with van der Waals surface area (Å²) in [4.78, 5) is 4.27. The Hall–Kier alpha value is -4.31. The van der Waals surface area contributed by atoms with Crippen molar-refractivity contribution in [2.45, 2.75) is 31.3 Å². The Kier molecular flexibility index (Phi) is 8.30. The zero-order valence-corrected chi connectivity index (χ0v) is 24.5. The number of hydrogen-bond acceptors (Lipinski definition) is 7. The predicted molar refractivity (Wildman–Crippen MR) is 158 cm³/mol. The van der Waals surface area contributed by atoms with Gasteiger partial charge in [0.05, 0.1) is 38.3 Å². The number of imidazole rings is 1. The van der Waals surface area contributed by atoms with Gasteiger partial charge in [-0.3, -0.25) is 4.57 Å². The molecule has 0 aliphatic heterocycles. The summed E-state index contributed by atoms with van der Waals surface area (Å²) in [5.74, 6) is 3.10. The molecule has 0 unspecified atom stereocenters. The van der Waals surface area contributed by atoms with Gasteiger partial charge in [0.15, 0.2) is 16.7 Å². The van der Waals surface area contributed by atoms with Crippen molar-refractivity contribution in [3.63, 3.8) is 0 Å². The third-order valence-electron chi connectivity index (χ3n) is 6.81. The van der Waals surface area contributed by atoms with Crippen LogP contribution in [-0.2, 0) is 5.41 Å². The first-order chi connectivity index (χ1) is 19.8. The van der Waals surface area contributed by atoms with Crippen LogP contribution in [0, 0.1) is 12.7 Å². The standard InChI is InChI=1S/C31H32FN5O3S/c1-21-19-36(20-33-21)24-11-13-26(14-12-24)40-16-17-41-30-35-34-29(37(30)25-9-7-23(32)8-10-25)31(2,3)22-6-15-27(38-4)28(18-22)39-5/h6-15,18-20H,16-17H2,1-5H3. The van der Waals surface area contributed by atoms with E-state index < -0.39 is 5.41 Å². The van der Waals surface area contributed by atoms with E-state index in [2.05, 4.69) is 29.0 Å². The molecule has 5 rings (SSSR count). The fourth-order valence-electron chi connectivity index (χ4n) is 4.51. The summed E-state index contributed by atoms with van der Waals surface area (Å²) in [5.41, 5.74) is 3.16. The number of methoxy groups -OCH3 is 2. The lowest BCUT2D eigenvalue weighted by Crippen LogP contribution is -2.24. The minimum absolute atomic E-state index is 0.306. The summed E-state index contributed by atoms with van der Waals surface area (Å²) in [6, 6.07) is 20.0. The van der Waals surface area contributed by atoms with E-state index in [0.29, 0.717) is 34.8 Å². The van der Waals surface area contributed by atoms with Crippen molar-refractivity contribution >= 4 is 11.8 Å². The van der Waals surface area contributed by atoms with E-state index in [-0.39, 0.29) is 5.82 Å². The van der Waals surface area contributed by atoms with E-state index in [4.69, 9.17) is 14.2 Å². The largest absolute Gasteiger partial charge is 0.493 e. The van der Waals surface area contributed by atoms with E-state index in [0.717, 1.165) is 28.4 Å². The van der Waals surface area contributed by atoms with Gasteiger partial charge in [-0.1, -0.05) is 17.8 Å². The molecule has 0 atom stereocenters. The smallest absolute Gasteiger partial charge is 0.195 e. The molecule has 0 amide bonds. The van der Waals surface area contributed by atoms with Crippen molar-refractivity contribution < 1.29 is 18.6 Å². The summed E-state index contributed by atoms with van der Waals surface area (Å²) in [6.45, 7) is 6.58. The lowest BCUT2D eigenvalue weighted by atomic mass is 9.83. The molecule has 0 radical (unpaired) electrons. The van der Waals surface area contributed by atoms with Crippen LogP contribution in [0.2, 0.25) is 0 Å². The van der Waals surface area contributed by atoms with Gasteiger partial charge < -0.3 is 18.8 Å². The number of halogens is 1. The highest BCUT2D eigenvalue weighted by atomic mass is 32.2. The van der Waals surface area contributed by atoms with Crippen LogP contribution in [0.5, 0.6) is 17.2 Å². The Bertz CT molecular complexity index is 1610. The summed E-state index contributed by atoms with van der Waals surface area (Å²) in [6.07, 6.45) is 3.77. The highest BCUT2D eigenvalue weighted by Gasteiger charge is 2.32. The Morgan fingerprint density at radius 2 is 1.59 bits per heavy atom. The molecule has 212 valence electrons. The Balaban J connectivity index is 1.35. The van der Waals surface area contributed by atoms with Crippen LogP contribution < -0.4 is 14.2 Å². The van der Waals surface area contributed by atoms with E-state index >= 15 is 0 Å². The first-order valence-electron chi connectivity index (χ1n) is 13.1. The van der Waals surface area contributed by atoms with Gasteiger partial charge in [-0.2, -0.15) is 0 Å². The maximum Gasteiger partial charge on any atom is 0.195 e. The lowest BCUT2D eigenvalue weighted by molar-refractivity contribution is 0.344. The molecule has 2 heterocycles. The van der Waals surface area contributed by atoms with Gasteiger partial charge in [-0.05, 0) is 87.0 Å². The Morgan fingerprint density at radius 1 is 0.878 bits per heavy atom. The van der Waals surface area contributed by atoms with Crippen molar-refractivity contribution in [1.29, 1.82) is 0 Å². The van der Waals surface area contributed by atoms with Crippen molar-refractivity contribution in [3.8, 4) is 28.6 Å². The van der Waals surface area contributed by atoms with Gasteiger partial charge in [0.1, 0.15) is 17.4 Å². The number of rotatable bonds is 11. The molecular weight excluding hydrogens is 541 g/mol. The SMILES string of the molecule is COc1ccc(C(C)(C)c2nnc(SCCOc3ccc(-n4cnc(C)c4)cc3)n2-c2ccc(F)cc2)cc1OC. The predicted octanol–water partition coefficient (Wildman–Crippen LogP) is 6.41. The summed E-state index contributed by atoms with van der Waals surface area (Å²) >= 11 is 1.53. The number of aryl methyl sites for hydroxylation is 1. The maximum atomic E-state index is 13.8. The van der Waals surface area contributed by atoms with Crippen LogP contribution in [0.3, 0.4) is 0 Å². The van der Waals surface area contributed by atoms with Gasteiger partial charge >= 0.3 is 0 Å². The number of hydrogen-bond donors (Lipinski definition) is 0. The molecule has 0 N–H and O–H groups in total. The molecule has 2 aromatic heterocycles. The summed E-state index contributed by atoms with van der Waals surface area (Å²) in [7, 11) is 3.22. The molecule has 10 heteroatoms. The maximum absolute atomic E-state index is 13.8. The van der Waals surface area contributed by atoms with Crippen LogP contribution in [0.4, 0.5) is 4.39 Å². The van der Waals surface area contributed by atoms with Crippen LogP contribution in [0.25, 0.3) is 11.4 Å². The highest BCUT2D eigenvalue weighted by molar-refractivity contribution is 7.99. The molecule has 0 bridgehead atoms. The molecule has 5 aromatic rings. The normalized spacial score (nSPS) is 11.5. The average Bonchev–Trinajstić information content (AvgIpc) is 3.62. The average molecular weight is 574 g/mol. The molecule has 0 aliphatic rings. The van der Waals surface area contributed by atoms with Crippen LogP contribution in [0.15, 0.2) is 84.4 Å². The van der Waals surface area contributed by atoms with Crippen molar-refractivity contribution in [2.24, 2.45) is 0 Å². The van der Waals surface area contributed by atoms with Crippen LogP contribution in [-0.4, -0.2) is 50.9 Å². The summed E-state index contributed by atoms with van der Waals surface area (Å²) in [5, 5.41) is 9.84. The monoisotopic (exact) mass is 573 g/mol. The number of aromatic nitrogens is 5. The van der Waals surface area contributed by atoms with Gasteiger partial charge in [-0.15, -0.1) is 10.2 Å². The topological polar surface area (TPSA) is 76.2 Å². The third-order valence-corrected chi connectivity index (χ3v) is 7.71. The van der Waals surface area contributed by atoms with Gasteiger partial charge in [0, 0.05) is 23.3 Å². The van der Waals surface area contributed by atoms with Gasteiger partial charge in [-0.25, -0.2) is 9.37 Å². The number of nitrogens with zero attached hydrogens (tertiary/aromatic N) is 5.